The van der Waals surface area contributed by atoms with Gasteiger partial charge >= 0.3 is 11.9 Å². The second-order valence-corrected chi connectivity index (χ2v) is 19.0. The van der Waals surface area contributed by atoms with E-state index in [-0.39, 0.29) is 51.6 Å². The van der Waals surface area contributed by atoms with Gasteiger partial charge in [0.15, 0.2) is 5.41 Å². The summed E-state index contributed by atoms with van der Waals surface area (Å²) in [6, 6.07) is 4.05. The van der Waals surface area contributed by atoms with Crippen LogP contribution in [0.2, 0.25) is 0 Å². The molecule has 7 nitrogen and oxygen atoms in total. The number of rotatable bonds is 7. The van der Waals surface area contributed by atoms with Crippen LogP contribution in [-0.2, 0) is 36.3 Å². The first-order valence-electron chi connectivity index (χ1n) is 16.9. The number of hydrogen-bond donors (Lipinski definition) is 3. The van der Waals surface area contributed by atoms with Gasteiger partial charge in [-0.1, -0.05) is 53.7 Å². The molecule has 1 aromatic rings. The molecule has 0 amide bonds. The van der Waals surface area contributed by atoms with E-state index in [1.54, 1.807) is 6.92 Å². The summed E-state index contributed by atoms with van der Waals surface area (Å²) in [4.78, 5) is 28.5. The molecule has 2 fully saturated rings. The monoisotopic (exact) mass is 628 g/mol. The van der Waals surface area contributed by atoms with Crippen LogP contribution in [0.15, 0.2) is 12.1 Å². The summed E-state index contributed by atoms with van der Waals surface area (Å²) in [6.07, 6.45) is 2.69. The minimum Gasteiger partial charge on any atom is -0.507 e. The Labute approximate surface area is 274 Å². The average Bonchev–Trinajstić information content (AvgIpc) is 2.77. The van der Waals surface area contributed by atoms with Crippen LogP contribution in [-0.4, -0.2) is 51.4 Å². The fourth-order valence-electron chi connectivity index (χ4n) is 7.85. The van der Waals surface area contributed by atoms with Gasteiger partial charge in [-0.15, -0.1) is 0 Å². The van der Waals surface area contributed by atoms with Crippen molar-refractivity contribution in [3.8, 4) is 5.75 Å². The van der Waals surface area contributed by atoms with Crippen molar-refractivity contribution in [3.05, 3.63) is 28.8 Å². The van der Waals surface area contributed by atoms with Crippen molar-refractivity contribution in [1.82, 2.24) is 10.6 Å². The zero-order valence-electron chi connectivity index (χ0n) is 31.1. The number of phenols is 1. The number of carbonyl (C=O) groups is 2. The van der Waals surface area contributed by atoms with E-state index in [1.165, 1.54) is 0 Å². The molecule has 256 valence electrons. The first-order valence-corrected chi connectivity index (χ1v) is 16.9. The Kier molecular flexibility index (Phi) is 10.1. The molecule has 0 aliphatic carbocycles. The molecule has 0 spiro atoms. The predicted molar refractivity (Wildman–Crippen MR) is 183 cm³/mol. The molecule has 2 aliphatic rings. The summed E-state index contributed by atoms with van der Waals surface area (Å²) in [7, 11) is 0. The van der Waals surface area contributed by atoms with Crippen molar-refractivity contribution in [2.24, 2.45) is 5.41 Å². The molecule has 0 aromatic heterocycles. The van der Waals surface area contributed by atoms with E-state index >= 15 is 0 Å². The van der Waals surface area contributed by atoms with Crippen LogP contribution in [0.3, 0.4) is 0 Å². The summed E-state index contributed by atoms with van der Waals surface area (Å²) in [6.45, 7) is 31.1. The van der Waals surface area contributed by atoms with E-state index in [0.717, 1.165) is 16.7 Å². The van der Waals surface area contributed by atoms with Gasteiger partial charge in [-0.3, -0.25) is 9.59 Å². The largest absolute Gasteiger partial charge is 0.507 e. The standard InChI is InChI=1S/C38H64N2O5/c1-32(2,3)27-18-24(19-28(29(27)41)33(4,5)6)16-17-38(15,30(42)44-25-20-34(7,8)39-35(9,10)21-25)31(43)45-26-22-36(11,12)40-37(13,14)23-26/h18-19,25-26,39-41H,16-17,20-23H2,1-15H3. The second kappa shape index (κ2) is 12.2. The summed E-state index contributed by atoms with van der Waals surface area (Å²) < 4.78 is 12.5. The third-order valence-corrected chi connectivity index (χ3v) is 9.45. The molecular formula is C38H64N2O5. The molecule has 0 saturated carbocycles. The van der Waals surface area contributed by atoms with Crippen LogP contribution in [0, 0.1) is 5.41 Å². The lowest BCUT2D eigenvalue weighted by molar-refractivity contribution is -0.182. The van der Waals surface area contributed by atoms with E-state index < -0.39 is 17.4 Å². The number of benzene rings is 1. The first kappa shape index (κ1) is 37.3. The molecule has 2 saturated heterocycles. The quantitative estimate of drug-likeness (QED) is 0.211. The van der Waals surface area contributed by atoms with Crippen molar-refractivity contribution >= 4 is 11.9 Å². The fourth-order valence-corrected chi connectivity index (χ4v) is 7.85. The van der Waals surface area contributed by atoms with Crippen LogP contribution in [0.1, 0.15) is 153 Å². The lowest BCUT2D eigenvalue weighted by atomic mass is 9.76. The zero-order valence-corrected chi connectivity index (χ0v) is 31.1. The van der Waals surface area contributed by atoms with Gasteiger partial charge in [0.1, 0.15) is 18.0 Å². The highest BCUT2D eigenvalue weighted by molar-refractivity contribution is 5.99. The maximum atomic E-state index is 14.2. The molecule has 0 atom stereocenters. The molecule has 3 N–H and O–H groups in total. The third kappa shape index (κ3) is 9.47. The highest BCUT2D eigenvalue weighted by Gasteiger charge is 2.49. The molecular weight excluding hydrogens is 564 g/mol. The highest BCUT2D eigenvalue weighted by Crippen LogP contribution is 2.41. The van der Waals surface area contributed by atoms with E-state index in [4.69, 9.17) is 9.47 Å². The number of aromatic hydroxyl groups is 1. The van der Waals surface area contributed by atoms with Crippen molar-refractivity contribution < 1.29 is 24.2 Å². The van der Waals surface area contributed by atoms with Gasteiger partial charge in [-0.05, 0) is 103 Å². The number of esters is 2. The molecule has 3 rings (SSSR count). The summed E-state index contributed by atoms with van der Waals surface area (Å²) in [5.41, 5.74) is -0.241. The molecule has 2 aliphatic heterocycles. The van der Waals surface area contributed by atoms with E-state index in [9.17, 15) is 14.7 Å². The SMILES string of the molecule is CC1(C)CC(OC(=O)C(C)(CCc2cc(C(C)(C)C)c(O)c(C(C)(C)C)c2)C(=O)OC2CC(C)(C)NC(C)(C)C2)CC(C)(C)N1. The first-order chi connectivity index (χ1) is 20.0. The number of aryl methyl sites for hydroxylation is 1. The van der Waals surface area contributed by atoms with Gasteiger partial charge in [0.2, 0.25) is 0 Å². The van der Waals surface area contributed by atoms with E-state index in [0.29, 0.717) is 37.9 Å². The van der Waals surface area contributed by atoms with Crippen LogP contribution in [0.4, 0.5) is 0 Å². The Bertz CT molecular complexity index is 1140. The maximum Gasteiger partial charge on any atom is 0.323 e. The van der Waals surface area contributed by atoms with Crippen LogP contribution < -0.4 is 10.6 Å². The van der Waals surface area contributed by atoms with Crippen molar-refractivity contribution in [3.63, 3.8) is 0 Å². The number of ether oxygens (including phenoxy) is 2. The van der Waals surface area contributed by atoms with Crippen LogP contribution >= 0.6 is 0 Å². The predicted octanol–water partition coefficient (Wildman–Crippen LogP) is 7.63. The molecule has 0 bridgehead atoms. The number of nitrogens with one attached hydrogen (secondary N) is 2. The smallest absolute Gasteiger partial charge is 0.323 e. The topological polar surface area (TPSA) is 96.9 Å². The van der Waals surface area contributed by atoms with E-state index in [1.807, 2.05) is 12.1 Å². The molecule has 45 heavy (non-hydrogen) atoms. The highest BCUT2D eigenvalue weighted by atomic mass is 16.6. The van der Waals surface area contributed by atoms with Gasteiger partial charge in [0, 0.05) is 47.8 Å². The Morgan fingerprint density at radius 2 is 1.00 bits per heavy atom. The molecule has 1 aromatic carbocycles. The van der Waals surface area contributed by atoms with Gasteiger partial charge in [-0.2, -0.15) is 0 Å². The number of carbonyl (C=O) groups excluding carboxylic acids is 2. The fraction of sp³-hybridized carbons (Fsp3) is 0.789. The van der Waals surface area contributed by atoms with Crippen molar-refractivity contribution in [1.29, 1.82) is 0 Å². The Hall–Kier alpha value is -2.12. The number of piperidine rings is 2. The zero-order chi connectivity index (χ0) is 34.6. The van der Waals surface area contributed by atoms with Crippen molar-refractivity contribution in [2.75, 3.05) is 0 Å². The van der Waals surface area contributed by atoms with Gasteiger partial charge in [0.25, 0.3) is 0 Å². The Morgan fingerprint density at radius 1 is 0.689 bits per heavy atom. The summed E-state index contributed by atoms with van der Waals surface area (Å²) >= 11 is 0. The number of hydrogen-bond acceptors (Lipinski definition) is 7. The molecule has 0 radical (unpaired) electrons. The minimum absolute atomic E-state index is 0.214. The number of phenolic OH excluding ortho intramolecular Hbond substituents is 1. The van der Waals surface area contributed by atoms with E-state index in [2.05, 4.69) is 108 Å². The second-order valence-electron chi connectivity index (χ2n) is 19.0. The third-order valence-electron chi connectivity index (χ3n) is 9.45. The van der Waals surface area contributed by atoms with Crippen molar-refractivity contribution in [2.45, 2.75) is 188 Å². The lowest BCUT2D eigenvalue weighted by Crippen LogP contribution is -2.60. The Morgan fingerprint density at radius 3 is 1.29 bits per heavy atom. The average molecular weight is 629 g/mol. The molecule has 0 unspecified atom stereocenters. The van der Waals surface area contributed by atoms with Gasteiger partial charge < -0.3 is 25.2 Å². The molecule has 2 heterocycles. The van der Waals surface area contributed by atoms with Crippen LogP contribution in [0.5, 0.6) is 5.75 Å². The lowest BCUT2D eigenvalue weighted by Gasteiger charge is -2.47. The van der Waals surface area contributed by atoms with Gasteiger partial charge in [-0.25, -0.2) is 0 Å². The van der Waals surface area contributed by atoms with Gasteiger partial charge in [0.05, 0.1) is 0 Å². The maximum absolute atomic E-state index is 14.2. The molecule has 7 heteroatoms. The minimum atomic E-state index is -1.50. The normalized spacial score (nSPS) is 22.1. The Balaban J connectivity index is 1.98. The summed E-state index contributed by atoms with van der Waals surface area (Å²) in [5.74, 6) is -0.735. The summed E-state index contributed by atoms with van der Waals surface area (Å²) in [5, 5.41) is 18.5. The van der Waals surface area contributed by atoms with Crippen LogP contribution in [0.25, 0.3) is 0 Å².